The monoisotopic (exact) mass is 743 g/mol. The summed E-state index contributed by atoms with van der Waals surface area (Å²) in [7, 11) is 0. The molecule has 0 spiro atoms. The first kappa shape index (κ1) is 33.1. The lowest BCUT2D eigenvalue weighted by Gasteiger charge is -2.15. The minimum Gasteiger partial charge on any atom is -0.247 e. The van der Waals surface area contributed by atoms with Gasteiger partial charge in [0.05, 0.1) is 22.6 Å². The summed E-state index contributed by atoms with van der Waals surface area (Å²) in [6.07, 6.45) is 0. The smallest absolute Gasteiger partial charge is 0.160 e. The second-order valence-corrected chi connectivity index (χ2v) is 15.4. The molecule has 0 aliphatic carbocycles. The maximum atomic E-state index is 5.18. The van der Waals surface area contributed by atoms with Crippen LogP contribution >= 0.6 is 11.3 Å². The zero-order chi connectivity index (χ0) is 37.7. The van der Waals surface area contributed by atoms with Gasteiger partial charge in [-0.05, 0) is 46.5 Å². The molecule has 0 N–H and O–H groups in total. The normalized spacial score (nSPS) is 11.5. The molecule has 11 aromatic rings. The Bertz CT molecular complexity index is 3280. The predicted molar refractivity (Wildman–Crippen MR) is 240 cm³/mol. The van der Waals surface area contributed by atoms with Crippen LogP contribution < -0.4 is 0 Å². The number of benzene rings is 8. The van der Waals surface area contributed by atoms with E-state index in [0.29, 0.717) is 5.82 Å². The van der Waals surface area contributed by atoms with Gasteiger partial charge in [-0.2, -0.15) is 0 Å². The van der Waals surface area contributed by atoms with Crippen LogP contribution in [0.4, 0.5) is 0 Å². The summed E-state index contributed by atoms with van der Waals surface area (Å²) < 4.78 is 2.61. The van der Waals surface area contributed by atoms with Gasteiger partial charge < -0.3 is 0 Å². The van der Waals surface area contributed by atoms with Crippen LogP contribution in [-0.2, 0) is 0 Å². The van der Waals surface area contributed by atoms with Crippen molar-refractivity contribution in [2.75, 3.05) is 0 Å². The third kappa shape index (κ3) is 5.86. The van der Waals surface area contributed by atoms with Gasteiger partial charge >= 0.3 is 0 Å². The molecule has 3 heterocycles. The van der Waals surface area contributed by atoms with Gasteiger partial charge in [-0.1, -0.05) is 176 Å². The molecule has 0 saturated carbocycles. The third-order valence-electron chi connectivity index (χ3n) is 10.9. The van der Waals surface area contributed by atoms with E-state index in [0.717, 1.165) is 61.2 Å². The van der Waals surface area contributed by atoms with Gasteiger partial charge in [0.25, 0.3) is 0 Å². The highest BCUT2D eigenvalue weighted by Crippen LogP contribution is 2.42. The standard InChI is InChI=1S/C53H33N3S/c1-3-14-36(15-4-1)51-45-25-12-22-40(50(45)44-21-7-9-26-46(44)54-51)34-28-30-35(31-29-34)47-33-48(56-53(55-47)37-16-5-2-6-17-37)39-19-11-18-38(32-39)41-23-13-24-43-42-20-8-10-27-49(42)57-52(41)43/h1-33H. The average molecular weight is 744 g/mol. The third-order valence-corrected chi connectivity index (χ3v) is 12.1. The van der Waals surface area contributed by atoms with Crippen molar-refractivity contribution in [2.45, 2.75) is 0 Å². The van der Waals surface area contributed by atoms with Crippen molar-refractivity contribution in [3.8, 4) is 67.4 Å². The second-order valence-electron chi connectivity index (χ2n) is 14.3. The first-order valence-electron chi connectivity index (χ1n) is 19.2. The Morgan fingerprint density at radius 3 is 1.72 bits per heavy atom. The number of rotatable bonds is 6. The van der Waals surface area contributed by atoms with Gasteiger partial charge in [-0.25, -0.2) is 15.0 Å². The van der Waals surface area contributed by atoms with Crippen molar-refractivity contribution in [3.63, 3.8) is 0 Å². The number of pyridine rings is 1. The van der Waals surface area contributed by atoms with E-state index in [9.17, 15) is 0 Å². The van der Waals surface area contributed by atoms with Crippen LogP contribution in [-0.4, -0.2) is 15.0 Å². The number of hydrogen-bond donors (Lipinski definition) is 0. The molecule has 0 aliphatic rings. The SMILES string of the molecule is c1ccc(-c2nc(-c3ccc(-c4cccc5c(-c6ccccc6)nc6ccccc6c45)cc3)cc(-c3cccc(-c4cccc5c4sc4ccccc45)c3)n2)cc1. The van der Waals surface area contributed by atoms with Crippen molar-refractivity contribution in [2.24, 2.45) is 0 Å². The topological polar surface area (TPSA) is 38.7 Å². The lowest BCUT2D eigenvalue weighted by molar-refractivity contribution is 1.18. The van der Waals surface area contributed by atoms with Crippen LogP contribution in [0.3, 0.4) is 0 Å². The lowest BCUT2D eigenvalue weighted by atomic mass is 9.92. The molecule has 0 amide bonds. The largest absolute Gasteiger partial charge is 0.247 e. The highest BCUT2D eigenvalue weighted by atomic mass is 32.1. The number of hydrogen-bond acceptors (Lipinski definition) is 4. The van der Waals surface area contributed by atoms with Gasteiger partial charge in [0.1, 0.15) is 0 Å². The van der Waals surface area contributed by atoms with Gasteiger partial charge in [-0.15, -0.1) is 11.3 Å². The lowest BCUT2D eigenvalue weighted by Crippen LogP contribution is -1.96. The summed E-state index contributed by atoms with van der Waals surface area (Å²) in [6.45, 7) is 0. The minimum atomic E-state index is 0.700. The molecule has 0 bridgehead atoms. The Morgan fingerprint density at radius 2 is 0.912 bits per heavy atom. The van der Waals surface area contributed by atoms with Crippen LogP contribution in [0.15, 0.2) is 200 Å². The first-order valence-corrected chi connectivity index (χ1v) is 20.0. The van der Waals surface area contributed by atoms with Gasteiger partial charge in [0.15, 0.2) is 5.82 Å². The van der Waals surface area contributed by atoms with E-state index in [1.165, 1.54) is 42.2 Å². The average Bonchev–Trinajstić information content (AvgIpc) is 3.68. The summed E-state index contributed by atoms with van der Waals surface area (Å²) >= 11 is 1.86. The molecule has 0 saturated heterocycles. The molecule has 4 heteroatoms. The van der Waals surface area contributed by atoms with E-state index >= 15 is 0 Å². The summed E-state index contributed by atoms with van der Waals surface area (Å²) in [5.74, 6) is 0.700. The fraction of sp³-hybridized carbons (Fsp3) is 0. The van der Waals surface area contributed by atoms with E-state index in [4.69, 9.17) is 15.0 Å². The van der Waals surface area contributed by atoms with Gasteiger partial charge in [-0.3, -0.25) is 0 Å². The second kappa shape index (κ2) is 13.8. The van der Waals surface area contributed by atoms with E-state index < -0.39 is 0 Å². The molecule has 0 atom stereocenters. The number of para-hydroxylation sites is 1. The fourth-order valence-corrected chi connectivity index (χ4v) is 9.40. The maximum absolute atomic E-state index is 5.18. The quantitative estimate of drug-likeness (QED) is 0.159. The Hall–Kier alpha value is -7.27. The molecular weight excluding hydrogens is 711 g/mol. The van der Waals surface area contributed by atoms with Crippen LogP contribution in [0, 0.1) is 0 Å². The Kier molecular flexibility index (Phi) is 8.01. The van der Waals surface area contributed by atoms with E-state index in [1.54, 1.807) is 0 Å². The fourth-order valence-electron chi connectivity index (χ4n) is 8.16. The van der Waals surface area contributed by atoms with Crippen molar-refractivity contribution < 1.29 is 0 Å². The van der Waals surface area contributed by atoms with E-state index in [2.05, 4.69) is 176 Å². The van der Waals surface area contributed by atoms with Crippen LogP contribution in [0.1, 0.15) is 0 Å². The van der Waals surface area contributed by atoms with Crippen molar-refractivity contribution in [1.29, 1.82) is 0 Å². The maximum Gasteiger partial charge on any atom is 0.160 e. The molecule has 3 nitrogen and oxygen atoms in total. The molecule has 11 rings (SSSR count). The summed E-state index contributed by atoms with van der Waals surface area (Å²) in [6, 6.07) is 70.8. The van der Waals surface area contributed by atoms with Gasteiger partial charge in [0.2, 0.25) is 0 Å². The molecule has 0 fully saturated rings. The molecule has 266 valence electrons. The van der Waals surface area contributed by atoms with E-state index in [-0.39, 0.29) is 0 Å². The Balaban J connectivity index is 1.03. The highest BCUT2D eigenvalue weighted by molar-refractivity contribution is 7.26. The Morgan fingerprint density at radius 1 is 0.333 bits per heavy atom. The van der Waals surface area contributed by atoms with Gasteiger partial charge in [0, 0.05) is 58.6 Å². The molecule has 8 aromatic carbocycles. The first-order chi connectivity index (χ1) is 28.2. The summed E-state index contributed by atoms with van der Waals surface area (Å²) in [5, 5.41) is 6.09. The number of aromatic nitrogens is 3. The minimum absolute atomic E-state index is 0.700. The predicted octanol–water partition coefficient (Wildman–Crippen LogP) is 14.5. The number of nitrogens with zero attached hydrogens (tertiary/aromatic N) is 3. The van der Waals surface area contributed by atoms with Crippen LogP contribution in [0.25, 0.3) is 109 Å². The molecule has 0 unspecified atom stereocenters. The summed E-state index contributed by atoms with van der Waals surface area (Å²) in [4.78, 5) is 15.5. The molecule has 0 radical (unpaired) electrons. The molecule has 0 aliphatic heterocycles. The highest BCUT2D eigenvalue weighted by Gasteiger charge is 2.17. The van der Waals surface area contributed by atoms with Crippen molar-refractivity contribution in [1.82, 2.24) is 15.0 Å². The number of thiophene rings is 1. The molecule has 57 heavy (non-hydrogen) atoms. The van der Waals surface area contributed by atoms with Crippen LogP contribution in [0.2, 0.25) is 0 Å². The van der Waals surface area contributed by atoms with Crippen LogP contribution in [0.5, 0.6) is 0 Å². The van der Waals surface area contributed by atoms with E-state index in [1.807, 2.05) is 35.6 Å². The zero-order valence-electron chi connectivity index (χ0n) is 30.8. The summed E-state index contributed by atoms with van der Waals surface area (Å²) in [5.41, 5.74) is 12.6. The molecular formula is C53H33N3S. The zero-order valence-corrected chi connectivity index (χ0v) is 31.6. The van der Waals surface area contributed by atoms with Crippen molar-refractivity contribution in [3.05, 3.63) is 200 Å². The van der Waals surface area contributed by atoms with Crippen molar-refractivity contribution >= 4 is 53.2 Å². The Labute approximate surface area is 334 Å². The molecule has 3 aromatic heterocycles. The number of fused-ring (bicyclic) bond motifs is 6.